The minimum absolute atomic E-state index is 0.0170. The van der Waals surface area contributed by atoms with Crippen molar-refractivity contribution in [1.29, 1.82) is 0 Å². The normalized spacial score (nSPS) is 57.1. The molecule has 0 aromatic rings. The van der Waals surface area contributed by atoms with Crippen molar-refractivity contribution < 1.29 is 23.8 Å². The summed E-state index contributed by atoms with van der Waals surface area (Å²) in [5, 5.41) is 0. The van der Waals surface area contributed by atoms with Gasteiger partial charge in [0.05, 0.1) is 17.9 Å². The van der Waals surface area contributed by atoms with Crippen molar-refractivity contribution in [3.8, 4) is 0 Å². The van der Waals surface area contributed by atoms with Gasteiger partial charge in [-0.25, -0.2) is 4.90 Å². The van der Waals surface area contributed by atoms with Crippen LogP contribution in [0.2, 0.25) is 0 Å². The van der Waals surface area contributed by atoms with Gasteiger partial charge in [0.1, 0.15) is 24.2 Å². The Labute approximate surface area is 166 Å². The van der Waals surface area contributed by atoms with Crippen LogP contribution in [-0.4, -0.2) is 47.0 Å². The van der Waals surface area contributed by atoms with Crippen molar-refractivity contribution in [2.24, 2.45) is 35.5 Å². The van der Waals surface area contributed by atoms with Gasteiger partial charge in [0.2, 0.25) is 0 Å². The molecule has 0 N–H and O–H groups in total. The second kappa shape index (κ2) is 5.72. The van der Waals surface area contributed by atoms with Crippen molar-refractivity contribution in [3.05, 3.63) is 0 Å². The number of carbonyl (C=O) groups excluding carboxylic acids is 2. The number of hydrogen-bond acceptors (Lipinski definition) is 6. The quantitative estimate of drug-likeness (QED) is 0.677. The summed E-state index contributed by atoms with van der Waals surface area (Å²) in [4.78, 5) is 27.3. The average Bonchev–Trinajstić information content (AvgIpc) is 3.10. The number of hydrogen-bond donors (Lipinski definition) is 0. The first-order valence-electron chi connectivity index (χ1n) is 11.3. The van der Waals surface area contributed by atoms with Crippen molar-refractivity contribution >= 4 is 11.9 Å². The summed E-state index contributed by atoms with van der Waals surface area (Å²) >= 11 is 0. The molecule has 1 saturated carbocycles. The van der Waals surface area contributed by atoms with Gasteiger partial charge < -0.3 is 14.2 Å². The molecule has 1 spiro atoms. The minimum atomic E-state index is -0.270. The standard InChI is InChI=1S/C22H31NO5/c1-4-12-13-6-5-7-17-23-15(16-8-10(2)20(24)26-16)9-14(22(13,23)28-17)18-11(3)21(25)27-19(12)18/h10-19H,4-9H2,1-3H3/t10?,11?,12?,13-,14-,15+,16+,17?,18-,19+,22+/m1/s1. The zero-order chi connectivity index (χ0) is 19.4. The minimum Gasteiger partial charge on any atom is -0.462 e. The lowest BCUT2D eigenvalue weighted by atomic mass is 9.57. The molecule has 1 aliphatic carbocycles. The van der Waals surface area contributed by atoms with Crippen LogP contribution in [0.25, 0.3) is 0 Å². The summed E-state index contributed by atoms with van der Waals surface area (Å²) in [6, 6.07) is 0.220. The van der Waals surface area contributed by atoms with Crippen LogP contribution in [0.5, 0.6) is 0 Å². The highest BCUT2D eigenvalue weighted by molar-refractivity contribution is 5.75. The maximum atomic E-state index is 12.5. The van der Waals surface area contributed by atoms with Gasteiger partial charge in [-0.2, -0.15) is 0 Å². The Morgan fingerprint density at radius 2 is 1.89 bits per heavy atom. The van der Waals surface area contributed by atoms with Gasteiger partial charge in [-0.05, 0) is 38.5 Å². The first-order chi connectivity index (χ1) is 13.5. The second-order valence-corrected chi connectivity index (χ2v) is 10.1. The number of nitrogens with zero attached hydrogens (tertiary/aromatic N) is 1. The van der Waals surface area contributed by atoms with E-state index in [9.17, 15) is 9.59 Å². The average molecular weight is 389 g/mol. The largest absolute Gasteiger partial charge is 0.462 e. The van der Waals surface area contributed by atoms with Crippen molar-refractivity contribution in [2.45, 2.75) is 89.5 Å². The highest BCUT2D eigenvalue weighted by atomic mass is 16.6. The molecule has 7 aliphatic rings. The van der Waals surface area contributed by atoms with Gasteiger partial charge in [-0.15, -0.1) is 0 Å². The lowest BCUT2D eigenvalue weighted by Gasteiger charge is -2.64. The summed E-state index contributed by atoms with van der Waals surface area (Å²) in [5.41, 5.74) is -0.270. The molecular weight excluding hydrogens is 358 g/mol. The third-order valence-electron chi connectivity index (χ3n) is 9.06. The zero-order valence-corrected chi connectivity index (χ0v) is 17.0. The first-order valence-corrected chi connectivity index (χ1v) is 11.3. The topological polar surface area (TPSA) is 65.1 Å². The van der Waals surface area contributed by atoms with Crippen LogP contribution in [-0.2, 0) is 23.8 Å². The molecule has 4 unspecified atom stereocenters. The van der Waals surface area contributed by atoms with Crippen LogP contribution < -0.4 is 0 Å². The lowest BCUT2D eigenvalue weighted by molar-refractivity contribution is -0.400. The zero-order valence-electron chi connectivity index (χ0n) is 17.0. The Bertz CT molecular complexity index is 726. The number of carbonyl (C=O) groups is 2. The first kappa shape index (κ1) is 17.7. The molecule has 6 heterocycles. The molecule has 7 rings (SSSR count). The van der Waals surface area contributed by atoms with Gasteiger partial charge in [0.15, 0.2) is 0 Å². The Morgan fingerprint density at radius 3 is 2.61 bits per heavy atom. The predicted molar refractivity (Wildman–Crippen MR) is 98.7 cm³/mol. The Morgan fingerprint density at radius 1 is 1.07 bits per heavy atom. The monoisotopic (exact) mass is 389 g/mol. The molecule has 6 heteroatoms. The summed E-state index contributed by atoms with van der Waals surface area (Å²) < 4.78 is 18.6. The smallest absolute Gasteiger partial charge is 0.309 e. The number of rotatable bonds is 2. The van der Waals surface area contributed by atoms with Crippen LogP contribution in [0.15, 0.2) is 0 Å². The van der Waals surface area contributed by atoms with Crippen LogP contribution >= 0.6 is 0 Å². The van der Waals surface area contributed by atoms with Crippen molar-refractivity contribution in [3.63, 3.8) is 0 Å². The lowest BCUT2D eigenvalue weighted by Crippen LogP contribution is -2.76. The molecule has 0 aromatic heterocycles. The van der Waals surface area contributed by atoms with Gasteiger partial charge in [-0.1, -0.05) is 20.8 Å². The van der Waals surface area contributed by atoms with Crippen LogP contribution in [0.3, 0.4) is 0 Å². The van der Waals surface area contributed by atoms with Crippen molar-refractivity contribution in [1.82, 2.24) is 4.90 Å². The summed E-state index contributed by atoms with van der Waals surface area (Å²) in [6.07, 6.45) is 6.27. The summed E-state index contributed by atoms with van der Waals surface area (Å²) in [5.74, 6) is 1.09. The van der Waals surface area contributed by atoms with E-state index in [1.165, 1.54) is 0 Å². The number of cyclic esters (lactones) is 1. The summed E-state index contributed by atoms with van der Waals surface area (Å²) in [7, 11) is 0. The molecule has 0 radical (unpaired) electrons. The fraction of sp³-hybridized carbons (Fsp3) is 0.909. The Balaban J connectivity index is 1.43. The second-order valence-electron chi connectivity index (χ2n) is 10.1. The maximum absolute atomic E-state index is 12.5. The molecule has 0 aromatic carbocycles. The molecule has 154 valence electrons. The number of fused-ring (bicyclic) bond motifs is 4. The van der Waals surface area contributed by atoms with Gasteiger partial charge in [0, 0.05) is 23.7 Å². The molecule has 11 atom stereocenters. The highest BCUT2D eigenvalue weighted by Gasteiger charge is 2.77. The van der Waals surface area contributed by atoms with Crippen LogP contribution in [0, 0.1) is 35.5 Å². The van der Waals surface area contributed by atoms with E-state index >= 15 is 0 Å². The fourth-order valence-electron chi connectivity index (χ4n) is 8.01. The Hall–Kier alpha value is -1.14. The van der Waals surface area contributed by atoms with E-state index in [0.29, 0.717) is 17.8 Å². The molecule has 6 nitrogen and oxygen atoms in total. The van der Waals surface area contributed by atoms with E-state index in [1.54, 1.807) is 0 Å². The SMILES string of the molecule is CCC1[C@H]2CCCC3O[C@]24[C@H](C[C@@H]([C@@H]2CC(C)C(=O)O2)N34)[C@H]2C(C)C(=O)O[C@@H]12. The summed E-state index contributed by atoms with van der Waals surface area (Å²) in [6.45, 7) is 6.24. The molecule has 6 aliphatic heterocycles. The van der Waals surface area contributed by atoms with Gasteiger partial charge in [-0.3, -0.25) is 9.59 Å². The van der Waals surface area contributed by atoms with E-state index in [1.807, 2.05) is 13.8 Å². The molecule has 2 bridgehead atoms. The molecule has 0 amide bonds. The van der Waals surface area contributed by atoms with E-state index in [2.05, 4.69) is 11.8 Å². The number of esters is 2. The molecule has 28 heavy (non-hydrogen) atoms. The maximum Gasteiger partial charge on any atom is 0.309 e. The van der Waals surface area contributed by atoms with E-state index < -0.39 is 0 Å². The molecule has 7 fully saturated rings. The van der Waals surface area contributed by atoms with Crippen molar-refractivity contribution in [2.75, 3.05) is 0 Å². The van der Waals surface area contributed by atoms with E-state index in [0.717, 1.165) is 38.5 Å². The van der Waals surface area contributed by atoms with Crippen LogP contribution in [0.4, 0.5) is 0 Å². The molecule has 6 saturated heterocycles. The third-order valence-corrected chi connectivity index (χ3v) is 9.06. The van der Waals surface area contributed by atoms with E-state index in [4.69, 9.17) is 14.2 Å². The fourth-order valence-corrected chi connectivity index (χ4v) is 8.01. The third kappa shape index (κ3) is 1.92. The van der Waals surface area contributed by atoms with Gasteiger partial charge in [0.25, 0.3) is 0 Å². The molecular formula is C22H31NO5. The van der Waals surface area contributed by atoms with E-state index in [-0.39, 0.29) is 59.9 Å². The van der Waals surface area contributed by atoms with Gasteiger partial charge >= 0.3 is 11.9 Å². The predicted octanol–water partition coefficient (Wildman–Crippen LogP) is 2.70. The number of ether oxygens (including phenoxy) is 3. The Kier molecular flexibility index (Phi) is 3.61. The van der Waals surface area contributed by atoms with Crippen LogP contribution in [0.1, 0.15) is 59.3 Å². The highest BCUT2D eigenvalue weighted by Crippen LogP contribution is 2.68.